The number of esters is 1. The second-order valence-electron chi connectivity index (χ2n) is 3.31. The Hall–Kier alpha value is -0.570. The van der Waals surface area contributed by atoms with Crippen LogP contribution in [-0.4, -0.2) is 23.8 Å². The smallest absolute Gasteiger partial charge is 0.302 e. The lowest BCUT2D eigenvalue weighted by molar-refractivity contribution is -0.144. The summed E-state index contributed by atoms with van der Waals surface area (Å²) < 4.78 is 4.67. The van der Waals surface area contributed by atoms with Crippen LogP contribution >= 0.6 is 0 Å². The largest absolute Gasteiger partial charge is 0.463 e. The molecule has 3 nitrogen and oxygen atoms in total. The number of hydrogen-bond donors (Lipinski definition) is 1. The van der Waals surface area contributed by atoms with Crippen molar-refractivity contribution in [3.8, 4) is 0 Å². The highest BCUT2D eigenvalue weighted by Crippen LogP contribution is 2.05. The molecular formula is C10H20O3. The van der Waals surface area contributed by atoms with E-state index in [1.807, 2.05) is 0 Å². The summed E-state index contributed by atoms with van der Waals surface area (Å²) in [5, 5.41) is 9.32. The molecule has 13 heavy (non-hydrogen) atoms. The minimum Gasteiger partial charge on any atom is -0.463 e. The lowest BCUT2D eigenvalue weighted by atomic mass is 10.1. The highest BCUT2D eigenvalue weighted by Gasteiger charge is 2.05. The van der Waals surface area contributed by atoms with Gasteiger partial charge in [0.1, 0.15) is 6.61 Å². The molecule has 0 aromatic carbocycles. The standard InChI is InChI=1S/C10H20O3/c1-3-4-5-6-7-10(12)8-13-9(2)11/h10,12H,3-8H2,1-2H3/t10-/m0/s1. The molecule has 0 aliphatic rings. The Bertz CT molecular complexity index is 134. The van der Waals surface area contributed by atoms with Gasteiger partial charge in [0.25, 0.3) is 0 Å². The normalized spacial score (nSPS) is 12.5. The van der Waals surface area contributed by atoms with Gasteiger partial charge in [-0.2, -0.15) is 0 Å². The van der Waals surface area contributed by atoms with Crippen molar-refractivity contribution in [3.63, 3.8) is 0 Å². The molecule has 0 heterocycles. The van der Waals surface area contributed by atoms with E-state index >= 15 is 0 Å². The van der Waals surface area contributed by atoms with Crippen LogP contribution in [0.25, 0.3) is 0 Å². The summed E-state index contributed by atoms with van der Waals surface area (Å²) in [6.45, 7) is 3.64. The van der Waals surface area contributed by atoms with E-state index in [9.17, 15) is 9.90 Å². The maximum absolute atomic E-state index is 10.4. The number of carbonyl (C=O) groups is 1. The molecule has 0 radical (unpaired) electrons. The molecule has 0 saturated carbocycles. The zero-order chi connectivity index (χ0) is 10.1. The summed E-state index contributed by atoms with van der Waals surface area (Å²) in [7, 11) is 0. The third kappa shape index (κ3) is 9.34. The molecule has 0 spiro atoms. The lowest BCUT2D eigenvalue weighted by Gasteiger charge is -2.09. The van der Waals surface area contributed by atoms with Gasteiger partial charge in [-0.25, -0.2) is 0 Å². The molecule has 0 rings (SSSR count). The molecule has 0 unspecified atom stereocenters. The predicted molar refractivity (Wildman–Crippen MR) is 51.4 cm³/mol. The van der Waals surface area contributed by atoms with Crippen LogP contribution in [0.4, 0.5) is 0 Å². The molecule has 1 atom stereocenters. The summed E-state index contributed by atoms with van der Waals surface area (Å²) in [6.07, 6.45) is 4.80. The van der Waals surface area contributed by atoms with E-state index in [0.717, 1.165) is 19.3 Å². The zero-order valence-corrected chi connectivity index (χ0v) is 8.58. The van der Waals surface area contributed by atoms with Crippen molar-refractivity contribution in [2.45, 2.75) is 52.1 Å². The molecule has 3 heteroatoms. The number of carbonyl (C=O) groups excluding carboxylic acids is 1. The monoisotopic (exact) mass is 188 g/mol. The van der Waals surface area contributed by atoms with Crippen molar-refractivity contribution in [2.24, 2.45) is 0 Å². The molecule has 0 amide bonds. The molecule has 1 N–H and O–H groups in total. The van der Waals surface area contributed by atoms with Crippen molar-refractivity contribution >= 4 is 5.97 Å². The van der Waals surface area contributed by atoms with Crippen molar-refractivity contribution in [2.75, 3.05) is 6.61 Å². The average Bonchev–Trinajstić information content (AvgIpc) is 2.09. The summed E-state index contributed by atoms with van der Waals surface area (Å²) in [5.74, 6) is -0.326. The number of unbranched alkanes of at least 4 members (excludes halogenated alkanes) is 3. The maximum atomic E-state index is 10.4. The summed E-state index contributed by atoms with van der Waals surface area (Å²) in [6, 6.07) is 0. The van der Waals surface area contributed by atoms with E-state index in [0.29, 0.717) is 0 Å². The molecule has 0 aromatic heterocycles. The van der Waals surface area contributed by atoms with E-state index in [1.54, 1.807) is 0 Å². The van der Waals surface area contributed by atoms with E-state index < -0.39 is 6.10 Å². The summed E-state index contributed by atoms with van der Waals surface area (Å²) in [4.78, 5) is 10.4. The number of ether oxygens (including phenoxy) is 1. The van der Waals surface area contributed by atoms with E-state index in [4.69, 9.17) is 0 Å². The Balaban J connectivity index is 3.19. The van der Waals surface area contributed by atoms with Crippen molar-refractivity contribution < 1.29 is 14.6 Å². The third-order valence-corrected chi connectivity index (χ3v) is 1.87. The Morgan fingerprint density at radius 1 is 1.38 bits per heavy atom. The van der Waals surface area contributed by atoms with Crippen molar-refractivity contribution in [3.05, 3.63) is 0 Å². The van der Waals surface area contributed by atoms with Crippen LogP contribution in [0.15, 0.2) is 0 Å². The van der Waals surface area contributed by atoms with Crippen LogP contribution in [0, 0.1) is 0 Å². The third-order valence-electron chi connectivity index (χ3n) is 1.87. The summed E-state index contributed by atoms with van der Waals surface area (Å²) >= 11 is 0. The minimum absolute atomic E-state index is 0.140. The van der Waals surface area contributed by atoms with Crippen LogP contribution in [0.5, 0.6) is 0 Å². The van der Waals surface area contributed by atoms with Gasteiger partial charge in [-0.05, 0) is 6.42 Å². The SMILES string of the molecule is CCCCCC[C@H](O)COC(C)=O. The molecule has 78 valence electrons. The zero-order valence-electron chi connectivity index (χ0n) is 8.58. The van der Waals surface area contributed by atoms with Gasteiger partial charge in [0.2, 0.25) is 0 Å². The fourth-order valence-corrected chi connectivity index (χ4v) is 1.10. The molecular weight excluding hydrogens is 168 g/mol. The molecule has 0 fully saturated rings. The number of rotatable bonds is 7. The lowest BCUT2D eigenvalue weighted by Crippen LogP contribution is -2.16. The molecule has 0 saturated heterocycles. The Kier molecular flexibility index (Phi) is 7.69. The Morgan fingerprint density at radius 2 is 2.08 bits per heavy atom. The molecule has 0 bridgehead atoms. The first-order valence-electron chi connectivity index (χ1n) is 4.98. The van der Waals surface area contributed by atoms with Crippen LogP contribution in [0.3, 0.4) is 0 Å². The van der Waals surface area contributed by atoms with Gasteiger partial charge < -0.3 is 9.84 Å². The van der Waals surface area contributed by atoms with Crippen LogP contribution in [0.2, 0.25) is 0 Å². The molecule has 0 aliphatic heterocycles. The maximum Gasteiger partial charge on any atom is 0.302 e. The van der Waals surface area contributed by atoms with E-state index in [2.05, 4.69) is 11.7 Å². The fourth-order valence-electron chi connectivity index (χ4n) is 1.10. The Morgan fingerprint density at radius 3 is 2.62 bits per heavy atom. The average molecular weight is 188 g/mol. The van der Waals surface area contributed by atoms with Gasteiger partial charge in [-0.1, -0.05) is 32.6 Å². The van der Waals surface area contributed by atoms with Gasteiger partial charge in [0, 0.05) is 6.92 Å². The topological polar surface area (TPSA) is 46.5 Å². The van der Waals surface area contributed by atoms with E-state index in [1.165, 1.54) is 19.8 Å². The molecule has 0 aliphatic carbocycles. The minimum atomic E-state index is -0.485. The van der Waals surface area contributed by atoms with Crippen molar-refractivity contribution in [1.29, 1.82) is 0 Å². The van der Waals surface area contributed by atoms with Crippen LogP contribution in [-0.2, 0) is 9.53 Å². The second-order valence-corrected chi connectivity index (χ2v) is 3.31. The quantitative estimate of drug-likeness (QED) is 0.490. The predicted octanol–water partition coefficient (Wildman–Crippen LogP) is 1.88. The first kappa shape index (κ1) is 12.4. The first-order chi connectivity index (χ1) is 6.16. The van der Waals surface area contributed by atoms with Gasteiger partial charge >= 0.3 is 5.97 Å². The summed E-state index contributed by atoms with van der Waals surface area (Å²) in [5.41, 5.74) is 0. The number of aliphatic hydroxyl groups excluding tert-OH is 1. The van der Waals surface area contributed by atoms with Crippen molar-refractivity contribution in [1.82, 2.24) is 0 Å². The van der Waals surface area contributed by atoms with Gasteiger partial charge in [0.05, 0.1) is 6.10 Å². The fraction of sp³-hybridized carbons (Fsp3) is 0.900. The van der Waals surface area contributed by atoms with Gasteiger partial charge in [-0.15, -0.1) is 0 Å². The van der Waals surface area contributed by atoms with Gasteiger partial charge in [0.15, 0.2) is 0 Å². The highest BCUT2D eigenvalue weighted by molar-refractivity contribution is 5.65. The number of aliphatic hydroxyl groups is 1. The van der Waals surface area contributed by atoms with Crippen LogP contribution in [0.1, 0.15) is 46.0 Å². The van der Waals surface area contributed by atoms with Crippen LogP contribution < -0.4 is 0 Å². The second kappa shape index (κ2) is 8.05. The number of hydrogen-bond acceptors (Lipinski definition) is 3. The van der Waals surface area contributed by atoms with E-state index in [-0.39, 0.29) is 12.6 Å². The first-order valence-corrected chi connectivity index (χ1v) is 4.98. The molecule has 0 aromatic rings. The Labute approximate surface area is 80.1 Å². The highest BCUT2D eigenvalue weighted by atomic mass is 16.5. The van der Waals surface area contributed by atoms with Gasteiger partial charge in [-0.3, -0.25) is 4.79 Å².